The van der Waals surface area contributed by atoms with Gasteiger partial charge in [0.2, 0.25) is 5.91 Å². The molecule has 0 bridgehead atoms. The zero-order valence-corrected chi connectivity index (χ0v) is 16.1. The van der Waals surface area contributed by atoms with E-state index in [0.29, 0.717) is 10.7 Å². The molecule has 0 spiro atoms. The summed E-state index contributed by atoms with van der Waals surface area (Å²) < 4.78 is 28.9. The number of carbonyl (C=O) groups is 2. The van der Waals surface area contributed by atoms with Crippen molar-refractivity contribution in [2.75, 3.05) is 18.2 Å². The molecule has 0 atom stereocenters. The molecule has 2 N–H and O–H groups in total. The second-order valence-electron chi connectivity index (χ2n) is 5.61. The summed E-state index contributed by atoms with van der Waals surface area (Å²) in [6, 6.07) is 12.6. The summed E-state index contributed by atoms with van der Waals surface area (Å²) in [5.74, 6) is -0.660. The van der Waals surface area contributed by atoms with Crippen LogP contribution >= 0.6 is 11.6 Å². The molecule has 0 aliphatic rings. The quantitative estimate of drug-likeness (QED) is 0.730. The van der Waals surface area contributed by atoms with Gasteiger partial charge < -0.3 is 10.1 Å². The zero-order chi connectivity index (χ0) is 19.9. The second kappa shape index (κ2) is 9.38. The third kappa shape index (κ3) is 6.58. The minimum Gasteiger partial charge on any atom is -0.453 e. The molecule has 144 valence electrons. The smallest absolute Gasteiger partial charge is 0.411 e. The van der Waals surface area contributed by atoms with Crippen molar-refractivity contribution in [3.63, 3.8) is 0 Å². The normalized spacial score (nSPS) is 10.9. The van der Waals surface area contributed by atoms with E-state index >= 15 is 0 Å². The van der Waals surface area contributed by atoms with E-state index in [-0.39, 0.29) is 29.5 Å². The zero-order valence-electron chi connectivity index (χ0n) is 14.6. The minimum atomic E-state index is -3.55. The van der Waals surface area contributed by atoms with Gasteiger partial charge in [0.05, 0.1) is 17.8 Å². The van der Waals surface area contributed by atoms with Gasteiger partial charge in [-0.3, -0.25) is 10.1 Å². The third-order valence-corrected chi connectivity index (χ3v) is 5.63. The maximum atomic E-state index is 12.2. The molecule has 7 nitrogen and oxygen atoms in total. The van der Waals surface area contributed by atoms with Gasteiger partial charge >= 0.3 is 6.09 Å². The van der Waals surface area contributed by atoms with Crippen LogP contribution in [0.5, 0.6) is 0 Å². The van der Waals surface area contributed by atoms with Crippen LogP contribution < -0.4 is 10.6 Å². The number of benzene rings is 2. The first-order valence-corrected chi connectivity index (χ1v) is 10.0. The van der Waals surface area contributed by atoms with E-state index in [1.165, 1.54) is 31.4 Å². The largest absolute Gasteiger partial charge is 0.453 e. The maximum Gasteiger partial charge on any atom is 0.411 e. The van der Waals surface area contributed by atoms with Gasteiger partial charge in [-0.2, -0.15) is 0 Å². The van der Waals surface area contributed by atoms with Gasteiger partial charge in [0, 0.05) is 23.7 Å². The molecule has 2 rings (SSSR count). The number of amides is 2. The number of hydrogen-bond acceptors (Lipinski definition) is 5. The lowest BCUT2D eigenvalue weighted by Crippen LogP contribution is -2.25. The van der Waals surface area contributed by atoms with E-state index < -0.39 is 15.9 Å². The highest BCUT2D eigenvalue weighted by molar-refractivity contribution is 7.91. The predicted molar refractivity (Wildman–Crippen MR) is 102 cm³/mol. The highest BCUT2D eigenvalue weighted by atomic mass is 35.5. The van der Waals surface area contributed by atoms with Gasteiger partial charge in [-0.1, -0.05) is 23.7 Å². The Morgan fingerprint density at radius 3 is 2.26 bits per heavy atom. The Morgan fingerprint density at radius 1 is 1.04 bits per heavy atom. The van der Waals surface area contributed by atoms with Crippen molar-refractivity contribution in [2.45, 2.75) is 17.9 Å². The molecule has 2 aromatic carbocycles. The first-order chi connectivity index (χ1) is 12.8. The molecule has 0 saturated heterocycles. The average molecular weight is 411 g/mol. The van der Waals surface area contributed by atoms with Crippen molar-refractivity contribution in [1.29, 1.82) is 0 Å². The number of ether oxygens (including phenoxy) is 1. The van der Waals surface area contributed by atoms with Crippen LogP contribution in [-0.2, 0) is 25.9 Å². The Morgan fingerprint density at radius 2 is 1.67 bits per heavy atom. The highest BCUT2D eigenvalue weighted by Crippen LogP contribution is 2.16. The molecular weight excluding hydrogens is 392 g/mol. The third-order valence-electron chi connectivity index (χ3n) is 3.65. The lowest BCUT2D eigenvalue weighted by Gasteiger charge is -2.08. The lowest BCUT2D eigenvalue weighted by atomic mass is 10.2. The first-order valence-electron chi connectivity index (χ1n) is 7.99. The number of anilines is 1. The second-order valence-corrected chi connectivity index (χ2v) is 8.16. The van der Waals surface area contributed by atoms with Gasteiger partial charge in [0.25, 0.3) is 0 Å². The number of rotatable bonds is 7. The van der Waals surface area contributed by atoms with Crippen molar-refractivity contribution in [2.24, 2.45) is 0 Å². The number of sulfone groups is 1. The maximum absolute atomic E-state index is 12.2. The fourth-order valence-electron chi connectivity index (χ4n) is 2.15. The summed E-state index contributed by atoms with van der Waals surface area (Å²) in [6.07, 6.45) is -0.717. The summed E-state index contributed by atoms with van der Waals surface area (Å²) in [7, 11) is -2.28. The molecule has 0 unspecified atom stereocenters. The summed E-state index contributed by atoms with van der Waals surface area (Å²) in [6.45, 7) is 0.248. The van der Waals surface area contributed by atoms with Crippen molar-refractivity contribution in [1.82, 2.24) is 5.32 Å². The van der Waals surface area contributed by atoms with Crippen LogP contribution in [0.25, 0.3) is 0 Å². The van der Waals surface area contributed by atoms with Gasteiger partial charge in [-0.05, 0) is 42.0 Å². The van der Waals surface area contributed by atoms with Crippen LogP contribution in [-0.4, -0.2) is 33.3 Å². The predicted octanol–water partition coefficient (Wildman–Crippen LogP) is 3.00. The van der Waals surface area contributed by atoms with Crippen LogP contribution in [0.2, 0.25) is 5.02 Å². The fraction of sp³-hybridized carbons (Fsp3) is 0.222. The van der Waals surface area contributed by atoms with E-state index in [1.807, 2.05) is 0 Å². The first kappa shape index (κ1) is 20.7. The van der Waals surface area contributed by atoms with E-state index in [0.717, 1.165) is 5.56 Å². The lowest BCUT2D eigenvalue weighted by molar-refractivity contribution is -0.120. The van der Waals surface area contributed by atoms with Gasteiger partial charge in [-0.15, -0.1) is 0 Å². The van der Waals surface area contributed by atoms with Crippen molar-refractivity contribution in [3.05, 3.63) is 59.1 Å². The van der Waals surface area contributed by atoms with Gasteiger partial charge in [-0.25, -0.2) is 13.2 Å². The monoisotopic (exact) mass is 410 g/mol. The number of hydrogen-bond donors (Lipinski definition) is 2. The topological polar surface area (TPSA) is 102 Å². The van der Waals surface area contributed by atoms with Crippen molar-refractivity contribution >= 4 is 39.1 Å². The highest BCUT2D eigenvalue weighted by Gasteiger charge is 2.16. The molecule has 0 aromatic heterocycles. The summed E-state index contributed by atoms with van der Waals surface area (Å²) >= 11 is 5.74. The molecule has 0 fully saturated rings. The average Bonchev–Trinajstić information content (AvgIpc) is 2.66. The molecular formula is C18H19ClN2O5S. The van der Waals surface area contributed by atoms with E-state index in [2.05, 4.69) is 15.4 Å². The Balaban J connectivity index is 1.82. The summed E-state index contributed by atoms with van der Waals surface area (Å²) in [4.78, 5) is 23.2. The Kier molecular flexibility index (Phi) is 7.20. The minimum absolute atomic E-state index is 0.133. The van der Waals surface area contributed by atoms with E-state index in [4.69, 9.17) is 11.6 Å². The van der Waals surface area contributed by atoms with Gasteiger partial charge in [0.15, 0.2) is 9.84 Å². The van der Waals surface area contributed by atoms with Crippen LogP contribution in [0.15, 0.2) is 53.4 Å². The fourth-order valence-corrected chi connectivity index (χ4v) is 3.52. The van der Waals surface area contributed by atoms with E-state index in [9.17, 15) is 18.0 Å². The van der Waals surface area contributed by atoms with Crippen LogP contribution in [0, 0.1) is 0 Å². The molecule has 0 heterocycles. The molecule has 27 heavy (non-hydrogen) atoms. The van der Waals surface area contributed by atoms with Crippen LogP contribution in [0.1, 0.15) is 12.0 Å². The number of halogens is 1. The van der Waals surface area contributed by atoms with Crippen molar-refractivity contribution < 1.29 is 22.7 Å². The van der Waals surface area contributed by atoms with E-state index in [1.54, 1.807) is 24.3 Å². The molecule has 0 radical (unpaired) electrons. The summed E-state index contributed by atoms with van der Waals surface area (Å²) in [5, 5.41) is 5.63. The van der Waals surface area contributed by atoms with Crippen LogP contribution in [0.3, 0.4) is 0 Å². The molecule has 9 heteroatoms. The Bertz CT molecular complexity index is 896. The van der Waals surface area contributed by atoms with Crippen LogP contribution in [0.4, 0.5) is 10.5 Å². The Hall–Kier alpha value is -2.58. The number of nitrogens with one attached hydrogen (secondary N) is 2. The summed E-state index contributed by atoms with van der Waals surface area (Å²) in [5.41, 5.74) is 1.37. The standard InChI is InChI=1S/C18H19ClN2O5S/c1-26-18(23)21-15-6-2-13(3-7-15)12-20-17(22)10-11-27(24,25)16-8-4-14(19)5-9-16/h2-9H,10-12H2,1H3,(H,20,22)(H,21,23). The molecule has 0 aliphatic carbocycles. The van der Waals surface area contributed by atoms with Gasteiger partial charge in [0.1, 0.15) is 0 Å². The van der Waals surface area contributed by atoms with Crippen molar-refractivity contribution in [3.8, 4) is 0 Å². The number of carbonyl (C=O) groups excluding carboxylic acids is 2. The number of methoxy groups -OCH3 is 1. The molecule has 2 aromatic rings. The molecule has 2 amide bonds. The SMILES string of the molecule is COC(=O)Nc1ccc(CNC(=O)CCS(=O)(=O)c2ccc(Cl)cc2)cc1. The molecule has 0 saturated carbocycles. The molecule has 0 aliphatic heterocycles. The Labute approximate surface area is 162 Å².